The number of rotatable bonds is 3. The molecule has 0 amide bonds. The van der Waals surface area contributed by atoms with E-state index in [1.807, 2.05) is 12.1 Å². The number of pyridine rings is 1. The van der Waals surface area contributed by atoms with Gasteiger partial charge in [0.2, 0.25) is 0 Å². The van der Waals surface area contributed by atoms with Crippen LogP contribution < -0.4 is 4.74 Å². The van der Waals surface area contributed by atoms with Gasteiger partial charge in [-0.05, 0) is 42.0 Å². The van der Waals surface area contributed by atoms with Crippen LogP contribution in [-0.2, 0) is 6.61 Å². The Morgan fingerprint density at radius 1 is 1.00 bits per heavy atom. The molecule has 15 heavy (non-hydrogen) atoms. The van der Waals surface area contributed by atoms with Crippen LogP contribution in [0.5, 0.6) is 11.5 Å². The SMILES string of the molecule is Oc1ccc(OCc2ccncc2)cc1. The Hall–Kier alpha value is -2.03. The maximum absolute atomic E-state index is 9.08. The standard InChI is InChI=1S/C12H11NO2/c14-11-1-3-12(4-2-11)15-9-10-5-7-13-8-6-10/h1-8,14H,9H2. The van der Waals surface area contributed by atoms with Crippen molar-refractivity contribution in [2.24, 2.45) is 0 Å². The van der Waals surface area contributed by atoms with Crippen molar-refractivity contribution in [3.63, 3.8) is 0 Å². The van der Waals surface area contributed by atoms with Gasteiger partial charge in [0, 0.05) is 12.4 Å². The molecule has 0 aliphatic rings. The average molecular weight is 201 g/mol. The minimum atomic E-state index is 0.242. The van der Waals surface area contributed by atoms with Crippen molar-refractivity contribution in [3.8, 4) is 11.5 Å². The summed E-state index contributed by atoms with van der Waals surface area (Å²) in [6.45, 7) is 0.507. The number of ether oxygens (including phenoxy) is 1. The molecule has 1 aromatic carbocycles. The van der Waals surface area contributed by atoms with Crippen molar-refractivity contribution in [1.29, 1.82) is 0 Å². The van der Waals surface area contributed by atoms with E-state index in [0.717, 1.165) is 11.3 Å². The van der Waals surface area contributed by atoms with E-state index in [4.69, 9.17) is 9.84 Å². The molecule has 0 fully saturated rings. The summed E-state index contributed by atoms with van der Waals surface area (Å²) >= 11 is 0. The summed E-state index contributed by atoms with van der Waals surface area (Å²) < 4.78 is 5.51. The molecule has 0 bridgehead atoms. The zero-order chi connectivity index (χ0) is 10.5. The molecule has 0 aliphatic carbocycles. The molecule has 76 valence electrons. The fourth-order valence-electron chi connectivity index (χ4n) is 1.19. The zero-order valence-corrected chi connectivity index (χ0v) is 8.13. The molecule has 1 heterocycles. The number of hydrogen-bond acceptors (Lipinski definition) is 3. The third-order valence-corrected chi connectivity index (χ3v) is 1.99. The highest BCUT2D eigenvalue weighted by Crippen LogP contribution is 2.16. The molecular weight excluding hydrogens is 190 g/mol. The Bertz CT molecular complexity index is 411. The maximum atomic E-state index is 9.08. The van der Waals surface area contributed by atoms with Gasteiger partial charge in [0.1, 0.15) is 18.1 Å². The van der Waals surface area contributed by atoms with Gasteiger partial charge in [0.05, 0.1) is 0 Å². The van der Waals surface area contributed by atoms with Crippen LogP contribution in [0.3, 0.4) is 0 Å². The molecule has 3 nitrogen and oxygen atoms in total. The van der Waals surface area contributed by atoms with E-state index in [1.54, 1.807) is 36.7 Å². The molecule has 3 heteroatoms. The van der Waals surface area contributed by atoms with Crippen molar-refractivity contribution in [2.45, 2.75) is 6.61 Å². The molecule has 0 radical (unpaired) electrons. The molecule has 1 aromatic heterocycles. The topological polar surface area (TPSA) is 42.4 Å². The molecule has 0 spiro atoms. The van der Waals surface area contributed by atoms with Gasteiger partial charge in [-0.3, -0.25) is 4.98 Å². The Morgan fingerprint density at radius 3 is 2.33 bits per heavy atom. The van der Waals surface area contributed by atoms with Crippen molar-refractivity contribution < 1.29 is 9.84 Å². The zero-order valence-electron chi connectivity index (χ0n) is 8.13. The second-order valence-electron chi connectivity index (χ2n) is 3.14. The highest BCUT2D eigenvalue weighted by molar-refractivity contribution is 5.30. The third kappa shape index (κ3) is 2.71. The summed E-state index contributed by atoms with van der Waals surface area (Å²) in [6, 6.07) is 10.5. The smallest absolute Gasteiger partial charge is 0.120 e. The summed E-state index contributed by atoms with van der Waals surface area (Å²) in [4.78, 5) is 3.92. The first-order valence-electron chi connectivity index (χ1n) is 4.65. The minimum Gasteiger partial charge on any atom is -0.508 e. The van der Waals surface area contributed by atoms with Crippen LogP contribution in [0.4, 0.5) is 0 Å². The number of nitrogens with zero attached hydrogens (tertiary/aromatic N) is 1. The molecule has 0 saturated carbocycles. The second kappa shape index (κ2) is 4.46. The number of aromatic nitrogens is 1. The first-order chi connectivity index (χ1) is 7.34. The fourth-order valence-corrected chi connectivity index (χ4v) is 1.19. The Kier molecular flexibility index (Phi) is 2.83. The molecule has 2 aromatic rings. The van der Waals surface area contributed by atoms with Gasteiger partial charge in [-0.15, -0.1) is 0 Å². The predicted octanol–water partition coefficient (Wildman–Crippen LogP) is 2.37. The molecule has 1 N–H and O–H groups in total. The summed E-state index contributed by atoms with van der Waals surface area (Å²) in [5.41, 5.74) is 1.07. The van der Waals surface area contributed by atoms with Crippen LogP contribution in [0.15, 0.2) is 48.8 Å². The van der Waals surface area contributed by atoms with E-state index >= 15 is 0 Å². The number of phenolic OH excluding ortho intramolecular Hbond substituents is 1. The van der Waals surface area contributed by atoms with Crippen molar-refractivity contribution in [3.05, 3.63) is 54.4 Å². The van der Waals surface area contributed by atoms with E-state index < -0.39 is 0 Å². The quantitative estimate of drug-likeness (QED) is 0.828. The fraction of sp³-hybridized carbons (Fsp3) is 0.0833. The van der Waals surface area contributed by atoms with Gasteiger partial charge in [-0.1, -0.05) is 0 Å². The van der Waals surface area contributed by atoms with Crippen LogP contribution in [0, 0.1) is 0 Å². The number of benzene rings is 1. The monoisotopic (exact) mass is 201 g/mol. The van der Waals surface area contributed by atoms with Crippen LogP contribution >= 0.6 is 0 Å². The van der Waals surface area contributed by atoms with E-state index in [1.165, 1.54) is 0 Å². The lowest BCUT2D eigenvalue weighted by molar-refractivity contribution is 0.305. The van der Waals surface area contributed by atoms with Gasteiger partial charge < -0.3 is 9.84 Å². The average Bonchev–Trinajstić information content (AvgIpc) is 2.30. The Morgan fingerprint density at radius 2 is 1.67 bits per heavy atom. The Balaban J connectivity index is 1.96. The largest absolute Gasteiger partial charge is 0.508 e. The van der Waals surface area contributed by atoms with Crippen LogP contribution in [0.2, 0.25) is 0 Å². The Labute approximate surface area is 88.0 Å². The lowest BCUT2D eigenvalue weighted by Crippen LogP contribution is -1.94. The number of aromatic hydroxyl groups is 1. The molecule has 0 aliphatic heterocycles. The van der Waals surface area contributed by atoms with Crippen molar-refractivity contribution >= 4 is 0 Å². The van der Waals surface area contributed by atoms with Crippen LogP contribution in [-0.4, -0.2) is 10.1 Å². The van der Waals surface area contributed by atoms with Crippen LogP contribution in [0.25, 0.3) is 0 Å². The van der Waals surface area contributed by atoms with E-state index in [2.05, 4.69) is 4.98 Å². The summed E-state index contributed by atoms with van der Waals surface area (Å²) in [6.07, 6.45) is 3.46. The van der Waals surface area contributed by atoms with Gasteiger partial charge in [-0.2, -0.15) is 0 Å². The number of phenols is 1. The maximum Gasteiger partial charge on any atom is 0.120 e. The molecule has 0 saturated heterocycles. The lowest BCUT2D eigenvalue weighted by Gasteiger charge is -2.05. The van der Waals surface area contributed by atoms with Crippen LogP contribution in [0.1, 0.15) is 5.56 Å². The molecule has 2 rings (SSSR count). The molecular formula is C12H11NO2. The molecule has 0 atom stereocenters. The van der Waals surface area contributed by atoms with Gasteiger partial charge >= 0.3 is 0 Å². The normalized spacial score (nSPS) is 9.87. The summed E-state index contributed by atoms with van der Waals surface area (Å²) in [5, 5.41) is 9.08. The third-order valence-electron chi connectivity index (χ3n) is 1.99. The summed E-state index contributed by atoms with van der Waals surface area (Å²) in [5.74, 6) is 0.982. The van der Waals surface area contributed by atoms with E-state index in [9.17, 15) is 0 Å². The van der Waals surface area contributed by atoms with E-state index in [0.29, 0.717) is 6.61 Å². The van der Waals surface area contributed by atoms with Gasteiger partial charge in [0.15, 0.2) is 0 Å². The minimum absolute atomic E-state index is 0.242. The van der Waals surface area contributed by atoms with Crippen molar-refractivity contribution in [1.82, 2.24) is 4.98 Å². The molecule has 0 unspecified atom stereocenters. The van der Waals surface area contributed by atoms with E-state index in [-0.39, 0.29) is 5.75 Å². The van der Waals surface area contributed by atoms with Gasteiger partial charge in [0.25, 0.3) is 0 Å². The predicted molar refractivity (Wildman–Crippen MR) is 56.7 cm³/mol. The highest BCUT2D eigenvalue weighted by atomic mass is 16.5. The first-order valence-corrected chi connectivity index (χ1v) is 4.65. The second-order valence-corrected chi connectivity index (χ2v) is 3.14. The highest BCUT2D eigenvalue weighted by Gasteiger charge is 1.95. The number of hydrogen-bond donors (Lipinski definition) is 1. The lowest BCUT2D eigenvalue weighted by atomic mass is 10.3. The van der Waals surface area contributed by atoms with Gasteiger partial charge in [-0.25, -0.2) is 0 Å². The summed E-state index contributed by atoms with van der Waals surface area (Å²) in [7, 11) is 0. The van der Waals surface area contributed by atoms with Crippen molar-refractivity contribution in [2.75, 3.05) is 0 Å². The first kappa shape index (κ1) is 9.52.